The summed E-state index contributed by atoms with van der Waals surface area (Å²) in [6, 6.07) is 0. The third-order valence-corrected chi connectivity index (χ3v) is 5.19. The molecule has 21 heavy (non-hydrogen) atoms. The van der Waals surface area contributed by atoms with Crippen molar-refractivity contribution < 1.29 is 0 Å². The van der Waals surface area contributed by atoms with Crippen molar-refractivity contribution in [2.45, 2.75) is 51.9 Å². The highest BCUT2D eigenvalue weighted by Crippen LogP contribution is 2.40. The minimum atomic E-state index is 0.284. The molecule has 1 aromatic heterocycles. The average molecular weight is 310 g/mol. The SMILES string of the molecule is CCC1(CNc2nc(Cl)nc(N3CCCC3)n2)CCCC1. The van der Waals surface area contributed by atoms with Gasteiger partial charge < -0.3 is 10.2 Å². The summed E-state index contributed by atoms with van der Waals surface area (Å²) in [5.74, 6) is 1.34. The molecule has 1 saturated carbocycles. The van der Waals surface area contributed by atoms with Crippen molar-refractivity contribution in [3.05, 3.63) is 5.28 Å². The van der Waals surface area contributed by atoms with Gasteiger partial charge in [-0.2, -0.15) is 15.0 Å². The molecule has 0 aromatic carbocycles. The van der Waals surface area contributed by atoms with Gasteiger partial charge in [0.2, 0.25) is 17.2 Å². The fourth-order valence-corrected chi connectivity index (χ4v) is 3.68. The van der Waals surface area contributed by atoms with Crippen molar-refractivity contribution in [1.29, 1.82) is 0 Å². The first-order chi connectivity index (χ1) is 10.2. The number of anilines is 2. The Bertz CT molecular complexity index is 481. The summed E-state index contributed by atoms with van der Waals surface area (Å²) in [7, 11) is 0. The van der Waals surface area contributed by atoms with Crippen LogP contribution in [0.1, 0.15) is 51.9 Å². The van der Waals surface area contributed by atoms with Crippen LogP contribution in [-0.4, -0.2) is 34.6 Å². The van der Waals surface area contributed by atoms with Gasteiger partial charge in [0.05, 0.1) is 0 Å². The summed E-state index contributed by atoms with van der Waals surface area (Å²) in [5.41, 5.74) is 0.410. The summed E-state index contributed by atoms with van der Waals surface area (Å²) in [4.78, 5) is 15.2. The monoisotopic (exact) mass is 309 g/mol. The van der Waals surface area contributed by atoms with Crippen molar-refractivity contribution in [2.24, 2.45) is 5.41 Å². The van der Waals surface area contributed by atoms with E-state index in [1.54, 1.807) is 0 Å². The Hall–Kier alpha value is -1.10. The minimum Gasteiger partial charge on any atom is -0.353 e. The number of nitrogens with one attached hydrogen (secondary N) is 1. The van der Waals surface area contributed by atoms with Crippen molar-refractivity contribution in [3.63, 3.8) is 0 Å². The predicted molar refractivity (Wildman–Crippen MR) is 86.0 cm³/mol. The van der Waals surface area contributed by atoms with E-state index in [9.17, 15) is 0 Å². The van der Waals surface area contributed by atoms with Gasteiger partial charge in [-0.05, 0) is 49.1 Å². The highest BCUT2D eigenvalue weighted by Gasteiger charge is 2.32. The van der Waals surface area contributed by atoms with E-state index in [2.05, 4.69) is 32.1 Å². The second kappa shape index (κ2) is 6.34. The van der Waals surface area contributed by atoms with Crippen LogP contribution in [0.2, 0.25) is 5.28 Å². The average Bonchev–Trinajstić information content (AvgIpc) is 3.17. The summed E-state index contributed by atoms with van der Waals surface area (Å²) in [5, 5.41) is 3.69. The van der Waals surface area contributed by atoms with E-state index in [0.29, 0.717) is 17.3 Å². The van der Waals surface area contributed by atoms with E-state index < -0.39 is 0 Å². The Labute approximate surface area is 131 Å². The Balaban J connectivity index is 1.70. The van der Waals surface area contributed by atoms with Crippen LogP contribution in [0.4, 0.5) is 11.9 Å². The third-order valence-electron chi connectivity index (χ3n) is 5.02. The number of rotatable bonds is 5. The van der Waals surface area contributed by atoms with Crippen LogP contribution in [0.15, 0.2) is 0 Å². The zero-order valence-corrected chi connectivity index (χ0v) is 13.5. The fourth-order valence-electron chi connectivity index (χ4n) is 3.52. The summed E-state index contributed by atoms with van der Waals surface area (Å²) in [6.07, 6.45) is 8.88. The Morgan fingerprint density at radius 3 is 2.48 bits per heavy atom. The summed E-state index contributed by atoms with van der Waals surface area (Å²) >= 11 is 6.06. The highest BCUT2D eigenvalue weighted by atomic mass is 35.5. The van der Waals surface area contributed by atoms with Crippen LogP contribution >= 0.6 is 11.6 Å². The van der Waals surface area contributed by atoms with Gasteiger partial charge in [0.25, 0.3) is 0 Å². The van der Waals surface area contributed by atoms with Gasteiger partial charge in [0, 0.05) is 19.6 Å². The molecule has 5 nitrogen and oxygen atoms in total. The van der Waals surface area contributed by atoms with Crippen LogP contribution in [-0.2, 0) is 0 Å². The molecule has 1 N–H and O–H groups in total. The minimum absolute atomic E-state index is 0.284. The standard InChI is InChI=1S/C15H24ClN5/c1-2-15(7-3-4-8-15)11-17-13-18-12(16)19-14(20-13)21-9-5-6-10-21/h2-11H2,1H3,(H,17,18,19,20). The molecule has 0 unspecified atom stereocenters. The molecule has 116 valence electrons. The quantitative estimate of drug-likeness (QED) is 0.902. The molecule has 2 fully saturated rings. The maximum atomic E-state index is 6.06. The lowest BCUT2D eigenvalue weighted by molar-refractivity contribution is 0.306. The lowest BCUT2D eigenvalue weighted by atomic mass is 9.83. The molecule has 6 heteroatoms. The normalized spacial score (nSPS) is 21.0. The molecule has 0 bridgehead atoms. The number of halogens is 1. The molecule has 0 radical (unpaired) electrons. The second-order valence-corrected chi connectivity index (χ2v) is 6.67. The molecule has 1 aromatic rings. The molecule has 3 rings (SSSR count). The van der Waals surface area contributed by atoms with E-state index in [0.717, 1.165) is 19.6 Å². The maximum Gasteiger partial charge on any atom is 0.231 e. The Morgan fingerprint density at radius 2 is 1.81 bits per heavy atom. The van der Waals surface area contributed by atoms with E-state index in [-0.39, 0.29) is 5.28 Å². The first-order valence-electron chi connectivity index (χ1n) is 8.11. The van der Waals surface area contributed by atoms with Crippen molar-refractivity contribution >= 4 is 23.5 Å². The predicted octanol–water partition coefficient (Wildman–Crippen LogP) is 3.51. The highest BCUT2D eigenvalue weighted by molar-refractivity contribution is 6.28. The van der Waals surface area contributed by atoms with Crippen LogP contribution < -0.4 is 10.2 Å². The number of nitrogens with zero attached hydrogens (tertiary/aromatic N) is 4. The van der Waals surface area contributed by atoms with Gasteiger partial charge in [-0.25, -0.2) is 0 Å². The van der Waals surface area contributed by atoms with Crippen LogP contribution in [0.25, 0.3) is 0 Å². The van der Waals surface area contributed by atoms with E-state index in [1.165, 1.54) is 44.9 Å². The van der Waals surface area contributed by atoms with Crippen LogP contribution in [0.5, 0.6) is 0 Å². The van der Waals surface area contributed by atoms with Gasteiger partial charge in [-0.3, -0.25) is 0 Å². The zero-order chi connectivity index (χ0) is 14.7. The topological polar surface area (TPSA) is 53.9 Å². The molecule has 2 heterocycles. The first-order valence-corrected chi connectivity index (χ1v) is 8.49. The van der Waals surface area contributed by atoms with Crippen molar-refractivity contribution in [2.75, 3.05) is 29.9 Å². The Kier molecular flexibility index (Phi) is 4.48. The maximum absolute atomic E-state index is 6.06. The first kappa shape index (κ1) is 14.8. The largest absolute Gasteiger partial charge is 0.353 e. The number of aromatic nitrogens is 3. The van der Waals surface area contributed by atoms with E-state index in [1.807, 2.05) is 0 Å². The second-order valence-electron chi connectivity index (χ2n) is 6.34. The molecule has 0 spiro atoms. The van der Waals surface area contributed by atoms with Gasteiger partial charge in [-0.1, -0.05) is 19.8 Å². The summed E-state index contributed by atoms with van der Waals surface area (Å²) < 4.78 is 0. The van der Waals surface area contributed by atoms with Crippen LogP contribution in [0.3, 0.4) is 0 Å². The lowest BCUT2D eigenvalue weighted by Crippen LogP contribution is -2.27. The molecule has 1 aliphatic heterocycles. The number of hydrogen-bond acceptors (Lipinski definition) is 5. The van der Waals surface area contributed by atoms with E-state index in [4.69, 9.17) is 11.6 Å². The van der Waals surface area contributed by atoms with E-state index >= 15 is 0 Å². The van der Waals surface area contributed by atoms with Crippen molar-refractivity contribution in [1.82, 2.24) is 15.0 Å². The Morgan fingerprint density at radius 1 is 1.10 bits per heavy atom. The molecular formula is C15H24ClN5. The van der Waals surface area contributed by atoms with Gasteiger partial charge in [-0.15, -0.1) is 0 Å². The van der Waals surface area contributed by atoms with Crippen LogP contribution in [0, 0.1) is 5.41 Å². The molecular weight excluding hydrogens is 286 g/mol. The summed E-state index contributed by atoms with van der Waals surface area (Å²) in [6.45, 7) is 5.24. The third kappa shape index (κ3) is 3.39. The lowest BCUT2D eigenvalue weighted by Gasteiger charge is -2.27. The fraction of sp³-hybridized carbons (Fsp3) is 0.800. The molecule has 1 saturated heterocycles. The van der Waals surface area contributed by atoms with Gasteiger partial charge in [0.15, 0.2) is 0 Å². The molecule has 2 aliphatic rings. The van der Waals surface area contributed by atoms with Crippen molar-refractivity contribution in [3.8, 4) is 0 Å². The molecule has 0 atom stereocenters. The van der Waals surface area contributed by atoms with Gasteiger partial charge in [0.1, 0.15) is 0 Å². The van der Waals surface area contributed by atoms with Gasteiger partial charge >= 0.3 is 0 Å². The molecule has 1 aliphatic carbocycles. The smallest absolute Gasteiger partial charge is 0.231 e. The molecule has 0 amide bonds. The number of hydrogen-bond donors (Lipinski definition) is 1. The zero-order valence-electron chi connectivity index (χ0n) is 12.7.